The van der Waals surface area contributed by atoms with Crippen molar-refractivity contribution in [1.29, 1.82) is 0 Å². The molecule has 0 aliphatic carbocycles. The molecule has 0 bridgehead atoms. The summed E-state index contributed by atoms with van der Waals surface area (Å²) in [4.78, 5) is 14.2. The van der Waals surface area contributed by atoms with Crippen molar-refractivity contribution in [2.75, 3.05) is 20.1 Å². The van der Waals surface area contributed by atoms with E-state index in [1.807, 2.05) is 0 Å². The van der Waals surface area contributed by atoms with Crippen molar-refractivity contribution in [2.24, 2.45) is 0 Å². The summed E-state index contributed by atoms with van der Waals surface area (Å²) in [5, 5.41) is 12.8. The molecule has 1 aromatic carbocycles. The molecule has 0 spiro atoms. The highest BCUT2D eigenvalue weighted by atomic mass is 16.4. The fraction of sp³-hybridized carbons (Fsp3) is 0.611. The van der Waals surface area contributed by atoms with Crippen LogP contribution in [-0.2, 0) is 17.8 Å². The van der Waals surface area contributed by atoms with Crippen LogP contribution in [0.25, 0.3) is 0 Å². The molecule has 1 aliphatic rings. The number of aliphatic carboxylic acids is 1. The first-order valence-electron chi connectivity index (χ1n) is 8.83. The van der Waals surface area contributed by atoms with Gasteiger partial charge in [0.05, 0.1) is 0 Å². The molecular weight excluding hydrogens is 287 g/mol. The normalized spacial score (nSPS) is 17.4. The second-order valence-corrected chi connectivity index (χ2v) is 6.64. The van der Waals surface area contributed by atoms with Gasteiger partial charge in [0, 0.05) is 19.6 Å². The van der Waals surface area contributed by atoms with Gasteiger partial charge in [0.2, 0.25) is 0 Å². The van der Waals surface area contributed by atoms with Crippen molar-refractivity contribution in [3.8, 4) is 0 Å². The number of unbranched alkanes of at least 4 members (excludes halogenated alkanes) is 1. The SMILES string of the molecule is BCCCCC(CCN1CCc2ccccc2C1)(NC)C(=O)O. The van der Waals surface area contributed by atoms with E-state index in [0.717, 1.165) is 45.2 Å². The molecule has 1 atom stereocenters. The van der Waals surface area contributed by atoms with E-state index in [0.29, 0.717) is 12.8 Å². The van der Waals surface area contributed by atoms with E-state index < -0.39 is 11.5 Å². The Hall–Kier alpha value is -1.33. The Morgan fingerprint density at radius 3 is 2.70 bits per heavy atom. The molecule has 126 valence electrons. The van der Waals surface area contributed by atoms with Crippen molar-refractivity contribution >= 4 is 13.8 Å². The molecule has 23 heavy (non-hydrogen) atoms. The molecule has 0 saturated carbocycles. The van der Waals surface area contributed by atoms with Crippen LogP contribution >= 0.6 is 0 Å². The summed E-state index contributed by atoms with van der Waals surface area (Å²) in [6, 6.07) is 8.57. The van der Waals surface area contributed by atoms with Gasteiger partial charge in [0.1, 0.15) is 13.4 Å². The van der Waals surface area contributed by atoms with Crippen LogP contribution in [0, 0.1) is 0 Å². The van der Waals surface area contributed by atoms with E-state index >= 15 is 0 Å². The van der Waals surface area contributed by atoms with Gasteiger partial charge in [-0.3, -0.25) is 9.69 Å². The van der Waals surface area contributed by atoms with E-state index in [2.05, 4.69) is 42.3 Å². The fourth-order valence-corrected chi connectivity index (χ4v) is 3.47. The zero-order valence-electron chi connectivity index (χ0n) is 14.5. The molecular formula is C18H29BN2O2. The van der Waals surface area contributed by atoms with Crippen LogP contribution in [0.2, 0.25) is 6.32 Å². The highest BCUT2D eigenvalue weighted by molar-refractivity contribution is 6.08. The average molecular weight is 316 g/mol. The van der Waals surface area contributed by atoms with Crippen LogP contribution in [0.5, 0.6) is 0 Å². The van der Waals surface area contributed by atoms with Gasteiger partial charge in [-0.15, -0.1) is 0 Å². The number of hydrogen-bond acceptors (Lipinski definition) is 3. The highest BCUT2D eigenvalue weighted by Gasteiger charge is 2.36. The molecule has 0 aromatic heterocycles. The van der Waals surface area contributed by atoms with Crippen LogP contribution in [0.15, 0.2) is 24.3 Å². The Labute approximate surface area is 140 Å². The molecule has 1 unspecified atom stereocenters. The van der Waals surface area contributed by atoms with Gasteiger partial charge in [0.15, 0.2) is 0 Å². The summed E-state index contributed by atoms with van der Waals surface area (Å²) < 4.78 is 0. The van der Waals surface area contributed by atoms with E-state index in [4.69, 9.17) is 0 Å². The molecule has 0 fully saturated rings. The van der Waals surface area contributed by atoms with Gasteiger partial charge in [-0.25, -0.2) is 0 Å². The van der Waals surface area contributed by atoms with E-state index in [-0.39, 0.29) is 0 Å². The highest BCUT2D eigenvalue weighted by Crippen LogP contribution is 2.23. The Morgan fingerprint density at radius 2 is 2.04 bits per heavy atom. The maximum absolute atomic E-state index is 11.8. The lowest BCUT2D eigenvalue weighted by Gasteiger charge is -2.34. The monoisotopic (exact) mass is 316 g/mol. The van der Waals surface area contributed by atoms with Crippen molar-refractivity contribution in [1.82, 2.24) is 10.2 Å². The minimum atomic E-state index is -0.786. The zero-order chi connectivity index (χ0) is 16.7. The predicted octanol–water partition coefficient (Wildman–Crippen LogP) is 1.70. The summed E-state index contributed by atoms with van der Waals surface area (Å²) in [5.74, 6) is -0.714. The van der Waals surface area contributed by atoms with Crippen molar-refractivity contribution < 1.29 is 9.90 Å². The summed E-state index contributed by atoms with van der Waals surface area (Å²) in [6.07, 6.45) is 5.59. The predicted molar refractivity (Wildman–Crippen MR) is 96.7 cm³/mol. The number of carboxylic acids is 1. The molecule has 1 aliphatic heterocycles. The van der Waals surface area contributed by atoms with Gasteiger partial charge < -0.3 is 10.4 Å². The van der Waals surface area contributed by atoms with Crippen LogP contribution in [0.1, 0.15) is 36.8 Å². The second-order valence-electron chi connectivity index (χ2n) is 6.64. The lowest BCUT2D eigenvalue weighted by molar-refractivity contribution is -0.145. The topological polar surface area (TPSA) is 52.6 Å². The smallest absolute Gasteiger partial charge is 0.323 e. The molecule has 2 rings (SSSR count). The average Bonchev–Trinajstić information content (AvgIpc) is 2.57. The molecule has 0 amide bonds. The molecule has 5 heteroatoms. The molecule has 0 saturated heterocycles. The maximum atomic E-state index is 11.8. The first kappa shape index (κ1) is 18.0. The van der Waals surface area contributed by atoms with Crippen molar-refractivity contribution in [2.45, 2.75) is 50.5 Å². The Bertz CT molecular complexity index is 523. The van der Waals surface area contributed by atoms with E-state index in [1.54, 1.807) is 7.05 Å². The molecule has 0 radical (unpaired) electrons. The molecule has 4 nitrogen and oxygen atoms in total. The number of nitrogens with zero attached hydrogens (tertiary/aromatic N) is 1. The molecule has 2 N–H and O–H groups in total. The fourth-order valence-electron chi connectivity index (χ4n) is 3.47. The first-order chi connectivity index (χ1) is 11.1. The van der Waals surface area contributed by atoms with E-state index in [1.165, 1.54) is 11.1 Å². The number of benzene rings is 1. The van der Waals surface area contributed by atoms with Crippen LogP contribution < -0.4 is 5.32 Å². The third-order valence-corrected chi connectivity index (χ3v) is 5.16. The maximum Gasteiger partial charge on any atom is 0.323 e. The summed E-state index contributed by atoms with van der Waals surface area (Å²) >= 11 is 0. The van der Waals surface area contributed by atoms with Gasteiger partial charge >= 0.3 is 5.97 Å². The van der Waals surface area contributed by atoms with Crippen LogP contribution in [0.4, 0.5) is 0 Å². The Balaban J connectivity index is 1.95. The number of fused-ring (bicyclic) bond motifs is 1. The minimum absolute atomic E-state index is 0.657. The lowest BCUT2D eigenvalue weighted by Crippen LogP contribution is -2.52. The molecule has 1 heterocycles. The van der Waals surface area contributed by atoms with Crippen LogP contribution in [0.3, 0.4) is 0 Å². The number of likely N-dealkylation sites (N-methyl/N-ethyl adjacent to an activating group) is 1. The lowest BCUT2D eigenvalue weighted by atomic mass is 9.86. The summed E-state index contributed by atoms with van der Waals surface area (Å²) in [6.45, 7) is 2.78. The number of carboxylic acid groups (broad SMARTS) is 1. The Morgan fingerprint density at radius 1 is 1.30 bits per heavy atom. The number of carbonyl (C=O) groups is 1. The van der Waals surface area contributed by atoms with Crippen molar-refractivity contribution in [3.63, 3.8) is 0 Å². The third kappa shape index (κ3) is 4.58. The van der Waals surface area contributed by atoms with Gasteiger partial charge in [0.25, 0.3) is 0 Å². The quantitative estimate of drug-likeness (QED) is 0.538. The van der Waals surface area contributed by atoms with Crippen LogP contribution in [-0.4, -0.2) is 49.5 Å². The number of rotatable bonds is 9. The Kier molecular flexibility index (Phi) is 6.66. The summed E-state index contributed by atoms with van der Waals surface area (Å²) in [5.41, 5.74) is 2.03. The minimum Gasteiger partial charge on any atom is -0.480 e. The number of hydrogen-bond donors (Lipinski definition) is 2. The second kappa shape index (κ2) is 8.51. The van der Waals surface area contributed by atoms with E-state index in [9.17, 15) is 9.90 Å². The largest absolute Gasteiger partial charge is 0.480 e. The van der Waals surface area contributed by atoms with Gasteiger partial charge in [-0.1, -0.05) is 43.4 Å². The zero-order valence-corrected chi connectivity index (χ0v) is 14.5. The number of nitrogens with one attached hydrogen (secondary N) is 1. The van der Waals surface area contributed by atoms with Crippen molar-refractivity contribution in [3.05, 3.63) is 35.4 Å². The van der Waals surface area contributed by atoms with Gasteiger partial charge in [-0.05, 0) is 37.4 Å². The molecule has 1 aromatic rings. The van der Waals surface area contributed by atoms with Gasteiger partial charge in [-0.2, -0.15) is 0 Å². The standard InChI is InChI=1S/C18H29BN2O2/c1-20-18(17(22)23,9-4-5-11-19)10-13-21-12-8-15-6-2-3-7-16(15)14-21/h2-3,6-7,20H,4-5,8-14,19H2,1H3,(H,22,23). The first-order valence-corrected chi connectivity index (χ1v) is 8.83. The third-order valence-electron chi connectivity index (χ3n) is 5.16. The summed E-state index contributed by atoms with van der Waals surface area (Å²) in [7, 11) is 3.93.